The Hall–Kier alpha value is -0.493. The Kier molecular flexibility index (Phi) is 3.78. The molecule has 2 spiro atoms. The molecular formula is C20H32O4Si. The van der Waals surface area contributed by atoms with Gasteiger partial charge in [0.25, 0.3) is 0 Å². The molecule has 2 aliphatic heterocycles. The van der Waals surface area contributed by atoms with Crippen molar-refractivity contribution in [3.05, 3.63) is 11.6 Å². The first-order valence-corrected chi connectivity index (χ1v) is 12.6. The molecular weight excluding hydrogens is 332 g/mol. The van der Waals surface area contributed by atoms with Gasteiger partial charge in [-0.3, -0.25) is 4.79 Å². The first-order chi connectivity index (χ1) is 11.5. The van der Waals surface area contributed by atoms with Crippen LogP contribution >= 0.6 is 0 Å². The Labute approximate surface area is 152 Å². The second-order valence-electron chi connectivity index (χ2n) is 10.2. The maximum atomic E-state index is 12.4. The maximum Gasteiger partial charge on any atom is 0.192 e. The minimum atomic E-state index is -1.93. The van der Waals surface area contributed by atoms with Crippen LogP contribution in [0.15, 0.2) is 11.6 Å². The molecule has 0 radical (unpaired) electrons. The fourth-order valence-corrected chi connectivity index (χ4v) is 6.21. The van der Waals surface area contributed by atoms with Gasteiger partial charge in [0.2, 0.25) is 0 Å². The van der Waals surface area contributed by atoms with Gasteiger partial charge in [-0.25, -0.2) is 0 Å². The van der Waals surface area contributed by atoms with Crippen LogP contribution in [0.4, 0.5) is 0 Å². The summed E-state index contributed by atoms with van der Waals surface area (Å²) < 4.78 is 18.9. The van der Waals surface area contributed by atoms with Crippen LogP contribution in [0.25, 0.3) is 0 Å². The average Bonchev–Trinajstić information content (AvgIpc) is 3.13. The van der Waals surface area contributed by atoms with Gasteiger partial charge in [0.15, 0.2) is 14.1 Å². The lowest BCUT2D eigenvalue weighted by Crippen LogP contribution is -2.59. The molecule has 2 aliphatic carbocycles. The summed E-state index contributed by atoms with van der Waals surface area (Å²) in [6.07, 6.45) is 4.87. The number of rotatable bonds is 2. The number of fused-ring (bicyclic) bond motifs is 1. The molecule has 0 aromatic rings. The van der Waals surface area contributed by atoms with Crippen LogP contribution in [-0.4, -0.2) is 45.1 Å². The van der Waals surface area contributed by atoms with Crippen LogP contribution in [0.3, 0.4) is 0 Å². The molecule has 0 aromatic carbocycles. The summed E-state index contributed by atoms with van der Waals surface area (Å²) in [6, 6.07) is 0. The highest BCUT2D eigenvalue weighted by atomic mass is 28.4. The monoisotopic (exact) mass is 364 g/mol. The molecule has 0 bridgehead atoms. The van der Waals surface area contributed by atoms with Gasteiger partial charge in [0.05, 0.1) is 19.3 Å². The summed E-state index contributed by atoms with van der Waals surface area (Å²) in [4.78, 5) is 12.4. The van der Waals surface area contributed by atoms with Crippen LogP contribution in [0, 0.1) is 11.3 Å². The van der Waals surface area contributed by atoms with Crippen molar-refractivity contribution in [3.8, 4) is 0 Å². The van der Waals surface area contributed by atoms with Crippen molar-refractivity contribution in [1.29, 1.82) is 0 Å². The number of epoxide rings is 1. The third kappa shape index (κ3) is 2.46. The summed E-state index contributed by atoms with van der Waals surface area (Å²) in [5, 5.41) is 0.157. The second kappa shape index (κ2) is 5.28. The highest BCUT2D eigenvalue weighted by Gasteiger charge is 2.76. The molecule has 0 unspecified atom stereocenters. The molecule has 0 aromatic heterocycles. The lowest BCUT2D eigenvalue weighted by molar-refractivity contribution is -0.150. The minimum absolute atomic E-state index is 0.0278. The number of carbonyl (C=O) groups is 1. The summed E-state index contributed by atoms with van der Waals surface area (Å²) in [7, 11) is -1.93. The van der Waals surface area contributed by atoms with Crippen molar-refractivity contribution >= 4 is 14.1 Å². The Morgan fingerprint density at radius 3 is 2.64 bits per heavy atom. The van der Waals surface area contributed by atoms with Gasteiger partial charge in [-0.2, -0.15) is 0 Å². The fourth-order valence-electron chi connectivity index (χ4n) is 4.92. The maximum absolute atomic E-state index is 12.4. The first kappa shape index (κ1) is 17.9. The summed E-state index contributed by atoms with van der Waals surface area (Å²) in [5.74, 6) is 0.512. The molecule has 2 saturated heterocycles. The molecule has 2 heterocycles. The van der Waals surface area contributed by atoms with E-state index in [1.54, 1.807) is 0 Å². The van der Waals surface area contributed by atoms with Gasteiger partial charge in [0, 0.05) is 17.8 Å². The van der Waals surface area contributed by atoms with Crippen molar-refractivity contribution in [1.82, 2.24) is 0 Å². The van der Waals surface area contributed by atoms with Crippen molar-refractivity contribution in [2.75, 3.05) is 13.2 Å². The smallest absolute Gasteiger partial charge is 0.192 e. The normalized spacial score (nSPS) is 43.7. The van der Waals surface area contributed by atoms with Crippen molar-refractivity contribution in [3.63, 3.8) is 0 Å². The van der Waals surface area contributed by atoms with Crippen LogP contribution in [-0.2, 0) is 18.7 Å². The molecule has 0 amide bonds. The lowest BCUT2D eigenvalue weighted by atomic mass is 9.61. The number of allylic oxidation sites excluding steroid dienone is 1. The summed E-state index contributed by atoms with van der Waals surface area (Å²) in [5.41, 5.74) is 0.934. The van der Waals surface area contributed by atoms with E-state index in [9.17, 15) is 4.79 Å². The van der Waals surface area contributed by atoms with Crippen molar-refractivity contribution < 1.29 is 18.7 Å². The Bertz CT molecular complexity index is 634. The quantitative estimate of drug-likeness (QED) is 0.424. The van der Waals surface area contributed by atoms with E-state index < -0.39 is 8.32 Å². The summed E-state index contributed by atoms with van der Waals surface area (Å²) >= 11 is 0. The van der Waals surface area contributed by atoms with E-state index >= 15 is 0 Å². The predicted molar refractivity (Wildman–Crippen MR) is 99.0 cm³/mol. The number of hydrogen-bond acceptors (Lipinski definition) is 4. The number of ketones is 1. The molecule has 5 atom stereocenters. The zero-order chi connectivity index (χ0) is 18.3. The van der Waals surface area contributed by atoms with Crippen LogP contribution < -0.4 is 0 Å². The third-order valence-electron chi connectivity index (χ3n) is 7.62. The molecule has 140 valence electrons. The van der Waals surface area contributed by atoms with Crippen molar-refractivity contribution in [2.24, 2.45) is 11.3 Å². The molecule has 1 saturated carbocycles. The molecule has 0 N–H and O–H groups in total. The molecule has 4 aliphatic rings. The van der Waals surface area contributed by atoms with Crippen molar-refractivity contribution in [2.45, 2.75) is 82.9 Å². The molecule has 3 fully saturated rings. The highest BCUT2D eigenvalue weighted by Crippen LogP contribution is 2.64. The standard InChI is InChI=1S/C20H32O4Si/c1-13-7-8-19(16(9-13)24-25(5,6)18(2,3)4)11-22-12-20-15(19)10-14(21)17(20)23-20/h9,15-17H,7-8,10-12H2,1-6H3/t15-,16+,17+,19+,20-/m1/s1. The van der Waals surface area contributed by atoms with E-state index in [4.69, 9.17) is 13.9 Å². The van der Waals surface area contributed by atoms with Gasteiger partial charge in [-0.05, 0) is 37.9 Å². The van der Waals surface area contributed by atoms with Gasteiger partial charge < -0.3 is 13.9 Å². The molecule has 25 heavy (non-hydrogen) atoms. The Morgan fingerprint density at radius 2 is 2.00 bits per heavy atom. The third-order valence-corrected chi connectivity index (χ3v) is 12.1. The fraction of sp³-hybridized carbons (Fsp3) is 0.850. The van der Waals surface area contributed by atoms with E-state index in [0.717, 1.165) is 12.8 Å². The molecule has 4 rings (SSSR count). The number of ether oxygens (including phenoxy) is 2. The van der Waals surface area contributed by atoms with E-state index in [2.05, 4.69) is 46.9 Å². The largest absolute Gasteiger partial charge is 0.410 e. The highest BCUT2D eigenvalue weighted by molar-refractivity contribution is 6.74. The van der Waals surface area contributed by atoms with Gasteiger partial charge >= 0.3 is 0 Å². The number of carbonyl (C=O) groups excluding carboxylic acids is 1. The second-order valence-corrected chi connectivity index (χ2v) is 15.0. The average molecular weight is 365 g/mol. The van der Waals surface area contributed by atoms with Crippen LogP contribution in [0.2, 0.25) is 18.1 Å². The van der Waals surface area contributed by atoms with E-state index in [0.29, 0.717) is 19.6 Å². The topological polar surface area (TPSA) is 48.1 Å². The Balaban J connectivity index is 1.71. The van der Waals surface area contributed by atoms with Crippen LogP contribution in [0.5, 0.6) is 0 Å². The van der Waals surface area contributed by atoms with Crippen LogP contribution in [0.1, 0.15) is 47.0 Å². The SMILES string of the molecule is CC1=C[C@H](O[Si](C)(C)C(C)(C)C)[C@@]2(CC1)COC[C@]13O[C@H]1C(=O)C[C@H]23. The minimum Gasteiger partial charge on any atom is -0.410 e. The molecule has 5 heteroatoms. The van der Waals surface area contributed by atoms with E-state index in [1.807, 2.05) is 0 Å². The van der Waals surface area contributed by atoms with Gasteiger partial charge in [0.1, 0.15) is 11.7 Å². The first-order valence-electron chi connectivity index (χ1n) is 9.65. The molecule has 4 nitrogen and oxygen atoms in total. The lowest BCUT2D eigenvalue weighted by Gasteiger charge is -2.53. The predicted octanol–water partition coefficient (Wildman–Crippen LogP) is 3.86. The van der Waals surface area contributed by atoms with Gasteiger partial charge in [-0.15, -0.1) is 0 Å². The van der Waals surface area contributed by atoms with Gasteiger partial charge in [-0.1, -0.05) is 32.4 Å². The summed E-state index contributed by atoms with van der Waals surface area (Å²) in [6.45, 7) is 14.9. The van der Waals surface area contributed by atoms with E-state index in [1.165, 1.54) is 5.57 Å². The Morgan fingerprint density at radius 1 is 1.28 bits per heavy atom. The number of hydrogen-bond donors (Lipinski definition) is 0. The zero-order valence-corrected chi connectivity index (χ0v) is 17.5. The zero-order valence-electron chi connectivity index (χ0n) is 16.5. The van der Waals surface area contributed by atoms with E-state index in [-0.39, 0.29) is 40.0 Å². The number of Topliss-reactive ketones (excluding diaryl/α,β-unsaturated/α-hetero) is 1.